The lowest BCUT2D eigenvalue weighted by Gasteiger charge is -2.32. The fraction of sp³-hybridized carbons (Fsp3) is 0.310. The van der Waals surface area contributed by atoms with Gasteiger partial charge < -0.3 is 10.2 Å². The molecular weight excluding hydrogens is 602 g/mol. The Kier molecular flexibility index (Phi) is 11.5. The van der Waals surface area contributed by atoms with Gasteiger partial charge in [0.25, 0.3) is 0 Å². The summed E-state index contributed by atoms with van der Waals surface area (Å²) in [5.74, 6) is -0.759. The minimum Gasteiger partial charge on any atom is -0.354 e. The van der Waals surface area contributed by atoms with E-state index in [2.05, 4.69) is 21.2 Å². The second-order valence-corrected chi connectivity index (χ2v) is 12.6. The van der Waals surface area contributed by atoms with E-state index in [1.54, 1.807) is 0 Å². The second-order valence-electron chi connectivity index (χ2n) is 9.21. The summed E-state index contributed by atoms with van der Waals surface area (Å²) >= 11 is 9.35. The van der Waals surface area contributed by atoms with Crippen LogP contribution in [0.3, 0.4) is 0 Å². The van der Waals surface area contributed by atoms with Gasteiger partial charge >= 0.3 is 0 Å². The zero-order valence-corrected chi connectivity index (χ0v) is 25.2. The largest absolute Gasteiger partial charge is 0.354 e. The molecule has 10 heteroatoms. The van der Waals surface area contributed by atoms with Gasteiger partial charge in [0.05, 0.1) is 11.4 Å². The van der Waals surface area contributed by atoms with Crippen LogP contribution in [-0.2, 0) is 32.6 Å². The number of sulfonamides is 1. The number of unbranched alkanes of at least 4 members (excludes halogenated alkanes) is 1. The number of carbonyl (C=O) groups is 2. The molecule has 0 aliphatic rings. The Morgan fingerprint density at radius 3 is 2.21 bits per heavy atom. The highest BCUT2D eigenvalue weighted by Gasteiger charge is 2.33. The van der Waals surface area contributed by atoms with E-state index < -0.39 is 28.5 Å². The number of hydrogen-bond acceptors (Lipinski definition) is 4. The van der Waals surface area contributed by atoms with Crippen molar-refractivity contribution in [2.24, 2.45) is 0 Å². The molecule has 2 amide bonds. The lowest BCUT2D eigenvalue weighted by atomic mass is 10.0. The van der Waals surface area contributed by atoms with Gasteiger partial charge in [-0.3, -0.25) is 9.59 Å². The van der Waals surface area contributed by atoms with E-state index in [4.69, 9.17) is 11.6 Å². The molecule has 0 unspecified atom stereocenters. The normalized spacial score (nSPS) is 12.2. The number of carbonyl (C=O) groups excluding carboxylic acids is 2. The fourth-order valence-electron chi connectivity index (χ4n) is 4.00. The molecule has 208 valence electrons. The summed E-state index contributed by atoms with van der Waals surface area (Å²) in [6.07, 6.45) is 2.01. The maximum Gasteiger partial charge on any atom is 0.243 e. The lowest BCUT2D eigenvalue weighted by Crippen LogP contribution is -2.53. The number of nitrogens with one attached hydrogen (secondary N) is 1. The number of amides is 2. The summed E-state index contributed by atoms with van der Waals surface area (Å²) in [5.41, 5.74) is 1.71. The summed E-state index contributed by atoms with van der Waals surface area (Å²) < 4.78 is 28.3. The van der Waals surface area contributed by atoms with Gasteiger partial charge in [-0.25, -0.2) is 8.42 Å². The van der Waals surface area contributed by atoms with Gasteiger partial charge in [-0.05, 0) is 53.9 Å². The standard InChI is InChI=1S/C29H33BrClN3O4S/c1-3-4-18-32-29(36)27(19-22-8-6-5-7-9-22)34(20-23-10-12-24(30)13-11-23)28(35)21-33(2)39(37,38)26-16-14-25(31)15-17-26/h5-17,27H,3-4,18-21H2,1-2H3,(H,32,36)/t27-/m0/s1. The van der Waals surface area contributed by atoms with Crippen LogP contribution in [0.25, 0.3) is 0 Å². The van der Waals surface area contributed by atoms with Crippen LogP contribution < -0.4 is 5.32 Å². The summed E-state index contributed by atoms with van der Waals surface area (Å²) in [5, 5.41) is 3.37. The molecule has 3 aromatic rings. The van der Waals surface area contributed by atoms with E-state index in [-0.39, 0.29) is 23.8 Å². The maximum absolute atomic E-state index is 13.8. The Balaban J connectivity index is 1.94. The first-order valence-electron chi connectivity index (χ1n) is 12.7. The van der Waals surface area contributed by atoms with Crippen LogP contribution in [0.2, 0.25) is 5.02 Å². The molecule has 0 spiro atoms. The molecular formula is C29H33BrClN3O4S. The van der Waals surface area contributed by atoms with E-state index in [1.165, 1.54) is 36.2 Å². The molecule has 0 bridgehead atoms. The Morgan fingerprint density at radius 1 is 0.949 bits per heavy atom. The zero-order chi connectivity index (χ0) is 28.4. The zero-order valence-electron chi connectivity index (χ0n) is 22.0. The Morgan fingerprint density at radius 2 is 1.59 bits per heavy atom. The lowest BCUT2D eigenvalue weighted by molar-refractivity contribution is -0.141. The number of benzene rings is 3. The third kappa shape index (κ3) is 8.89. The van der Waals surface area contributed by atoms with Crippen molar-refractivity contribution < 1.29 is 18.0 Å². The van der Waals surface area contributed by atoms with E-state index in [1.807, 2.05) is 61.5 Å². The van der Waals surface area contributed by atoms with Crippen LogP contribution in [0.5, 0.6) is 0 Å². The Hall–Kier alpha value is -2.72. The van der Waals surface area contributed by atoms with Crippen LogP contribution in [0.15, 0.2) is 88.2 Å². The van der Waals surface area contributed by atoms with Crippen LogP contribution in [0.4, 0.5) is 0 Å². The Labute approximate surface area is 244 Å². The van der Waals surface area contributed by atoms with Crippen molar-refractivity contribution in [3.05, 3.63) is 99.5 Å². The first kappa shape index (κ1) is 30.8. The van der Waals surface area contributed by atoms with Crippen molar-refractivity contribution in [1.82, 2.24) is 14.5 Å². The van der Waals surface area contributed by atoms with Gasteiger partial charge in [-0.1, -0.05) is 83.3 Å². The first-order valence-corrected chi connectivity index (χ1v) is 15.3. The van der Waals surface area contributed by atoms with Crippen LogP contribution >= 0.6 is 27.5 Å². The smallest absolute Gasteiger partial charge is 0.243 e. The molecule has 7 nitrogen and oxygen atoms in total. The van der Waals surface area contributed by atoms with E-state index >= 15 is 0 Å². The first-order chi connectivity index (χ1) is 18.6. The second kappa shape index (κ2) is 14.6. The van der Waals surface area contributed by atoms with Crippen molar-refractivity contribution in [2.45, 2.75) is 43.7 Å². The highest BCUT2D eigenvalue weighted by atomic mass is 79.9. The molecule has 39 heavy (non-hydrogen) atoms. The minimum absolute atomic E-state index is 0.0276. The fourth-order valence-corrected chi connectivity index (χ4v) is 5.51. The van der Waals surface area contributed by atoms with Gasteiger partial charge in [0, 0.05) is 36.1 Å². The molecule has 1 atom stereocenters. The van der Waals surface area contributed by atoms with E-state index in [0.29, 0.717) is 11.6 Å². The maximum atomic E-state index is 13.8. The van der Waals surface area contributed by atoms with Crippen molar-refractivity contribution >= 4 is 49.4 Å². The molecule has 0 aliphatic heterocycles. The van der Waals surface area contributed by atoms with Crippen LogP contribution in [0, 0.1) is 0 Å². The molecule has 3 rings (SSSR count). The summed E-state index contributed by atoms with van der Waals surface area (Å²) in [4.78, 5) is 28.8. The van der Waals surface area contributed by atoms with Crippen LogP contribution in [-0.4, -0.2) is 55.6 Å². The topological polar surface area (TPSA) is 86.8 Å². The van der Waals surface area contributed by atoms with E-state index in [0.717, 1.165) is 32.7 Å². The third-order valence-corrected chi connectivity index (χ3v) is 8.84. The SMILES string of the molecule is CCCCNC(=O)[C@H](Cc1ccccc1)N(Cc1ccc(Br)cc1)C(=O)CN(C)S(=O)(=O)c1ccc(Cl)cc1. The molecule has 0 aromatic heterocycles. The van der Waals surface area contributed by atoms with Gasteiger partial charge in [0.2, 0.25) is 21.8 Å². The van der Waals surface area contributed by atoms with Gasteiger partial charge in [0.1, 0.15) is 6.04 Å². The average Bonchev–Trinajstić information content (AvgIpc) is 2.92. The van der Waals surface area contributed by atoms with Crippen molar-refractivity contribution in [3.63, 3.8) is 0 Å². The van der Waals surface area contributed by atoms with Gasteiger partial charge in [0.15, 0.2) is 0 Å². The molecule has 3 aromatic carbocycles. The third-order valence-electron chi connectivity index (χ3n) is 6.25. The highest BCUT2D eigenvalue weighted by molar-refractivity contribution is 9.10. The predicted molar refractivity (Wildman–Crippen MR) is 158 cm³/mol. The number of nitrogens with zero attached hydrogens (tertiary/aromatic N) is 2. The number of rotatable bonds is 13. The van der Waals surface area contributed by atoms with E-state index in [9.17, 15) is 18.0 Å². The Bertz CT molecular complexity index is 1340. The van der Waals surface area contributed by atoms with Gasteiger partial charge in [-0.15, -0.1) is 0 Å². The molecule has 0 saturated carbocycles. The van der Waals surface area contributed by atoms with Crippen molar-refractivity contribution in [1.29, 1.82) is 0 Å². The molecule has 0 saturated heterocycles. The highest BCUT2D eigenvalue weighted by Crippen LogP contribution is 2.20. The summed E-state index contributed by atoms with van der Waals surface area (Å²) in [6.45, 7) is 2.23. The summed E-state index contributed by atoms with van der Waals surface area (Å²) in [7, 11) is -2.61. The number of likely N-dealkylation sites (N-methyl/N-ethyl adjacent to an activating group) is 1. The van der Waals surface area contributed by atoms with Crippen molar-refractivity contribution in [3.8, 4) is 0 Å². The predicted octanol–water partition coefficient (Wildman–Crippen LogP) is 5.28. The quantitative estimate of drug-likeness (QED) is 0.259. The minimum atomic E-state index is -3.96. The summed E-state index contributed by atoms with van der Waals surface area (Å²) in [6, 6.07) is 21.9. The van der Waals surface area contributed by atoms with Crippen LogP contribution in [0.1, 0.15) is 30.9 Å². The average molecular weight is 635 g/mol. The van der Waals surface area contributed by atoms with Gasteiger partial charge in [-0.2, -0.15) is 4.31 Å². The molecule has 0 radical (unpaired) electrons. The number of halogens is 2. The monoisotopic (exact) mass is 633 g/mol. The molecule has 1 N–H and O–H groups in total. The molecule has 0 fully saturated rings. The van der Waals surface area contributed by atoms with Crippen molar-refractivity contribution in [2.75, 3.05) is 20.1 Å². The molecule has 0 heterocycles. The number of hydrogen-bond donors (Lipinski definition) is 1. The molecule has 0 aliphatic carbocycles.